The molecule has 6 nitrogen and oxygen atoms in total. The van der Waals surface area contributed by atoms with E-state index in [-0.39, 0.29) is 28.9 Å². The molecule has 2 fully saturated rings. The number of carbonyl (C=O) groups is 1. The first-order chi connectivity index (χ1) is 14.8. The summed E-state index contributed by atoms with van der Waals surface area (Å²) in [6, 6.07) is 8.62. The average molecular weight is 431 g/mol. The summed E-state index contributed by atoms with van der Waals surface area (Å²) < 4.78 is 31.6. The summed E-state index contributed by atoms with van der Waals surface area (Å²) in [5.41, 5.74) is 1.20. The van der Waals surface area contributed by atoms with Crippen LogP contribution in [0.2, 0.25) is 0 Å². The third kappa shape index (κ3) is 4.04. The van der Waals surface area contributed by atoms with Crippen molar-refractivity contribution < 1.29 is 23.4 Å². The molecular weight excluding hydrogens is 404 g/mol. The molecule has 1 saturated carbocycles. The highest BCUT2D eigenvalue weighted by atomic mass is 19.2. The number of urea groups is 1. The van der Waals surface area contributed by atoms with Crippen LogP contribution in [-0.2, 0) is 5.41 Å². The van der Waals surface area contributed by atoms with Crippen LogP contribution in [0.25, 0.3) is 0 Å². The molecule has 0 spiro atoms. The average Bonchev–Trinajstić information content (AvgIpc) is 3.08. The minimum atomic E-state index is -1.00. The van der Waals surface area contributed by atoms with Crippen LogP contribution in [0.15, 0.2) is 36.4 Å². The Morgan fingerprint density at radius 2 is 2.00 bits per heavy atom. The fraction of sp³-hybridized carbons (Fsp3) is 0.435. The summed E-state index contributed by atoms with van der Waals surface area (Å²) in [6.45, 7) is 0.936. The minimum Gasteiger partial charge on any atom is -0.504 e. The van der Waals surface area contributed by atoms with Gasteiger partial charge in [-0.3, -0.25) is 0 Å². The summed E-state index contributed by atoms with van der Waals surface area (Å²) in [7, 11) is 3.61. The Labute approximate surface area is 180 Å². The number of benzene rings is 2. The molecule has 2 aliphatic rings. The van der Waals surface area contributed by atoms with E-state index in [1.54, 1.807) is 12.1 Å². The third-order valence-corrected chi connectivity index (χ3v) is 6.79. The number of nitrogens with one attached hydrogen (secondary N) is 2. The highest BCUT2D eigenvalue weighted by Gasteiger charge is 2.50. The number of amides is 2. The highest BCUT2D eigenvalue weighted by molar-refractivity contribution is 5.89. The Balaban J connectivity index is 1.46. The zero-order valence-electron chi connectivity index (χ0n) is 17.6. The largest absolute Gasteiger partial charge is 0.504 e. The second-order valence-corrected chi connectivity index (χ2v) is 8.49. The van der Waals surface area contributed by atoms with Gasteiger partial charge in [0.1, 0.15) is 0 Å². The van der Waals surface area contributed by atoms with Gasteiger partial charge in [-0.1, -0.05) is 6.07 Å². The van der Waals surface area contributed by atoms with Gasteiger partial charge in [0.05, 0.1) is 7.11 Å². The number of nitrogens with zero attached hydrogens (tertiary/aromatic N) is 1. The number of likely N-dealkylation sites (N-methyl/N-ethyl adjacent to an activating group) is 1. The van der Waals surface area contributed by atoms with Gasteiger partial charge in [0.15, 0.2) is 23.1 Å². The van der Waals surface area contributed by atoms with E-state index < -0.39 is 17.7 Å². The number of fused-ring (bicyclic) bond motifs is 1. The maximum Gasteiger partial charge on any atom is 0.319 e. The van der Waals surface area contributed by atoms with Crippen LogP contribution in [0.1, 0.15) is 31.2 Å². The molecule has 0 aromatic heterocycles. The molecule has 1 saturated heterocycles. The summed E-state index contributed by atoms with van der Waals surface area (Å²) >= 11 is 0. The number of phenolic OH excluding ortho intramolecular Hbond substituents is 1. The summed E-state index contributed by atoms with van der Waals surface area (Å²) in [5, 5.41) is 15.8. The van der Waals surface area contributed by atoms with Crippen molar-refractivity contribution in [3.05, 3.63) is 53.6 Å². The van der Waals surface area contributed by atoms with Crippen molar-refractivity contribution in [2.24, 2.45) is 0 Å². The van der Waals surface area contributed by atoms with Gasteiger partial charge < -0.3 is 25.4 Å². The molecule has 31 heavy (non-hydrogen) atoms. The molecule has 166 valence electrons. The van der Waals surface area contributed by atoms with Crippen LogP contribution in [0.5, 0.6) is 11.5 Å². The fourth-order valence-electron chi connectivity index (χ4n) is 5.17. The molecule has 0 bridgehead atoms. The molecule has 4 rings (SSSR count). The van der Waals surface area contributed by atoms with E-state index in [1.807, 2.05) is 6.07 Å². The molecular formula is C23H27F2N3O3. The molecule has 3 N–H and O–H groups in total. The van der Waals surface area contributed by atoms with Crippen LogP contribution < -0.4 is 15.4 Å². The number of hydrogen-bond donors (Lipinski definition) is 3. The van der Waals surface area contributed by atoms with Gasteiger partial charge in [0, 0.05) is 29.3 Å². The lowest BCUT2D eigenvalue weighted by Crippen LogP contribution is -2.52. The molecule has 1 aliphatic carbocycles. The topological polar surface area (TPSA) is 73.8 Å². The third-order valence-electron chi connectivity index (χ3n) is 6.79. The van der Waals surface area contributed by atoms with Crippen molar-refractivity contribution >= 4 is 11.7 Å². The van der Waals surface area contributed by atoms with Gasteiger partial charge in [-0.05, 0) is 69.1 Å². The summed E-state index contributed by atoms with van der Waals surface area (Å²) in [5.74, 6) is -1.37. The number of phenols is 1. The number of rotatable bonds is 4. The van der Waals surface area contributed by atoms with Crippen LogP contribution in [0.3, 0.4) is 0 Å². The SMILES string of the molecule is COc1ccc([C@@]23CC[C@@H](NC(=O)Nc4ccc(F)c(F)c4)C[C@@H]2N(C)CC3)cc1O. The maximum absolute atomic E-state index is 13.4. The number of carbonyl (C=O) groups excluding carboxylic acids is 1. The smallest absolute Gasteiger partial charge is 0.319 e. The van der Waals surface area contributed by atoms with Gasteiger partial charge >= 0.3 is 6.03 Å². The normalized spacial score (nSPS) is 25.7. The number of hydrogen-bond acceptors (Lipinski definition) is 4. The van der Waals surface area contributed by atoms with Crippen molar-refractivity contribution in [3.63, 3.8) is 0 Å². The lowest BCUT2D eigenvalue weighted by Gasteiger charge is -2.44. The van der Waals surface area contributed by atoms with Gasteiger partial charge in [0.25, 0.3) is 0 Å². The molecule has 2 amide bonds. The maximum atomic E-state index is 13.4. The number of halogens is 2. The monoisotopic (exact) mass is 431 g/mol. The van der Waals surface area contributed by atoms with E-state index in [0.29, 0.717) is 5.75 Å². The van der Waals surface area contributed by atoms with E-state index in [4.69, 9.17) is 4.74 Å². The van der Waals surface area contributed by atoms with E-state index in [9.17, 15) is 18.7 Å². The zero-order valence-corrected chi connectivity index (χ0v) is 17.6. The van der Waals surface area contributed by atoms with Gasteiger partial charge in [-0.25, -0.2) is 13.6 Å². The number of methoxy groups -OCH3 is 1. The highest BCUT2D eigenvalue weighted by Crippen LogP contribution is 2.49. The first-order valence-corrected chi connectivity index (χ1v) is 10.4. The number of ether oxygens (including phenoxy) is 1. The molecule has 0 unspecified atom stereocenters. The van der Waals surface area contributed by atoms with Crippen LogP contribution in [0.4, 0.5) is 19.3 Å². The van der Waals surface area contributed by atoms with E-state index in [2.05, 4.69) is 22.6 Å². The molecule has 2 aromatic carbocycles. The Bertz CT molecular complexity index is 987. The van der Waals surface area contributed by atoms with Gasteiger partial charge in [0.2, 0.25) is 0 Å². The van der Waals surface area contributed by atoms with E-state index >= 15 is 0 Å². The molecule has 1 heterocycles. The Hall–Kier alpha value is -2.87. The Morgan fingerprint density at radius 1 is 1.19 bits per heavy atom. The fourth-order valence-corrected chi connectivity index (χ4v) is 5.17. The number of anilines is 1. The molecule has 0 radical (unpaired) electrons. The molecule has 1 aliphatic heterocycles. The second kappa shape index (κ2) is 8.34. The molecule has 3 atom stereocenters. The first-order valence-electron chi connectivity index (χ1n) is 10.4. The predicted molar refractivity (Wildman–Crippen MR) is 114 cm³/mol. The molecule has 2 aromatic rings. The predicted octanol–water partition coefficient (Wildman–Crippen LogP) is 4.00. The van der Waals surface area contributed by atoms with Crippen molar-refractivity contribution in [1.82, 2.24) is 10.2 Å². The number of aromatic hydroxyl groups is 1. The van der Waals surface area contributed by atoms with Crippen LogP contribution in [0, 0.1) is 11.6 Å². The minimum absolute atomic E-state index is 0.0455. The number of likely N-dealkylation sites (tertiary alicyclic amines) is 1. The standard InChI is InChI=1S/C23H27F2N3O3/c1-28-10-9-23(14-3-6-20(31-2)19(29)11-14)8-7-16(13-21(23)28)27-22(30)26-15-4-5-17(24)18(25)12-15/h3-6,11-12,16,21,29H,7-10,13H2,1-2H3,(H2,26,27,30)/t16-,21+,23+/m1/s1. The van der Waals surface area contributed by atoms with Gasteiger partial charge in [-0.15, -0.1) is 0 Å². The molecule has 8 heteroatoms. The summed E-state index contributed by atoms with van der Waals surface area (Å²) in [6.07, 6.45) is 3.38. The zero-order chi connectivity index (χ0) is 22.2. The van der Waals surface area contributed by atoms with Crippen molar-refractivity contribution in [3.8, 4) is 11.5 Å². The first kappa shape index (κ1) is 21.4. The van der Waals surface area contributed by atoms with E-state index in [1.165, 1.54) is 13.2 Å². The van der Waals surface area contributed by atoms with Gasteiger partial charge in [-0.2, -0.15) is 0 Å². The van der Waals surface area contributed by atoms with Crippen molar-refractivity contribution in [1.29, 1.82) is 0 Å². The Morgan fingerprint density at radius 3 is 2.71 bits per heavy atom. The van der Waals surface area contributed by atoms with Crippen LogP contribution in [-0.4, -0.2) is 48.8 Å². The quantitative estimate of drug-likeness (QED) is 0.684. The van der Waals surface area contributed by atoms with Crippen LogP contribution >= 0.6 is 0 Å². The van der Waals surface area contributed by atoms with Crippen molar-refractivity contribution in [2.75, 3.05) is 26.0 Å². The second-order valence-electron chi connectivity index (χ2n) is 8.49. The lowest BCUT2D eigenvalue weighted by atomic mass is 9.65. The Kier molecular flexibility index (Phi) is 5.75. The lowest BCUT2D eigenvalue weighted by molar-refractivity contribution is 0.156. The van der Waals surface area contributed by atoms with Crippen molar-refractivity contribution in [2.45, 2.75) is 43.2 Å². The van der Waals surface area contributed by atoms with E-state index in [0.717, 1.165) is 49.9 Å². The summed E-state index contributed by atoms with van der Waals surface area (Å²) in [4.78, 5) is 14.7.